The van der Waals surface area contributed by atoms with Gasteiger partial charge in [0.1, 0.15) is 0 Å². The van der Waals surface area contributed by atoms with Gasteiger partial charge in [-0.05, 0) is 48.7 Å². The topological polar surface area (TPSA) is 26.0 Å². The molecular weight excluding hydrogens is 310 g/mol. The minimum atomic E-state index is -0.169. The molecule has 0 saturated carbocycles. The van der Waals surface area contributed by atoms with Crippen LogP contribution in [0.1, 0.15) is 28.3 Å². The number of hydrogen-bond acceptors (Lipinski definition) is 1. The Bertz CT molecular complexity index is 529. The van der Waals surface area contributed by atoms with Crippen molar-refractivity contribution in [2.24, 2.45) is 5.73 Å². The highest BCUT2D eigenvalue weighted by molar-refractivity contribution is 9.10. The van der Waals surface area contributed by atoms with Gasteiger partial charge in [0.2, 0.25) is 0 Å². The molecule has 1 atom stereocenters. The van der Waals surface area contributed by atoms with Crippen molar-refractivity contribution in [3.63, 3.8) is 0 Å². The van der Waals surface area contributed by atoms with Gasteiger partial charge >= 0.3 is 0 Å². The smallest absolute Gasteiger partial charge is 0.0566 e. The molecule has 2 aromatic carbocycles. The second-order valence-corrected chi connectivity index (χ2v) is 5.79. The molecule has 0 fully saturated rings. The normalized spacial score (nSPS) is 12.5. The molecule has 0 aliphatic carbocycles. The molecule has 3 heteroatoms. The van der Waals surface area contributed by atoms with Crippen molar-refractivity contribution in [3.8, 4) is 0 Å². The number of benzene rings is 2. The van der Waals surface area contributed by atoms with E-state index in [1.807, 2.05) is 18.2 Å². The van der Waals surface area contributed by atoms with E-state index in [-0.39, 0.29) is 6.04 Å². The first-order valence-electron chi connectivity index (χ1n) is 5.76. The number of halogens is 2. The third-order valence-electron chi connectivity index (χ3n) is 3.06. The predicted octanol–water partition coefficient (Wildman–Crippen LogP) is 4.77. The van der Waals surface area contributed by atoms with E-state index < -0.39 is 0 Å². The lowest BCUT2D eigenvalue weighted by molar-refractivity contribution is 0.854. The lowest BCUT2D eigenvalue weighted by Crippen LogP contribution is -2.14. The summed E-state index contributed by atoms with van der Waals surface area (Å²) in [5, 5.41) is 0.703. The van der Waals surface area contributed by atoms with Gasteiger partial charge in [0.15, 0.2) is 0 Å². The van der Waals surface area contributed by atoms with E-state index in [0.717, 1.165) is 15.6 Å². The summed E-state index contributed by atoms with van der Waals surface area (Å²) in [4.78, 5) is 0. The average Bonchev–Trinajstić information content (AvgIpc) is 2.34. The monoisotopic (exact) mass is 323 g/mol. The van der Waals surface area contributed by atoms with Crippen molar-refractivity contribution in [2.45, 2.75) is 19.9 Å². The maximum absolute atomic E-state index is 6.37. The van der Waals surface area contributed by atoms with Crippen LogP contribution in [0.4, 0.5) is 0 Å². The quantitative estimate of drug-likeness (QED) is 0.846. The van der Waals surface area contributed by atoms with Crippen molar-refractivity contribution in [1.29, 1.82) is 0 Å². The number of hydrogen-bond donors (Lipinski definition) is 1. The summed E-state index contributed by atoms with van der Waals surface area (Å²) in [6, 6.07) is 11.9. The molecule has 0 aliphatic heterocycles. The third kappa shape index (κ3) is 2.77. The van der Waals surface area contributed by atoms with Crippen molar-refractivity contribution in [1.82, 2.24) is 0 Å². The van der Waals surface area contributed by atoms with E-state index >= 15 is 0 Å². The fourth-order valence-electron chi connectivity index (χ4n) is 2.02. The summed E-state index contributed by atoms with van der Waals surface area (Å²) in [6.07, 6.45) is 0. The maximum atomic E-state index is 6.37. The molecule has 0 spiro atoms. The van der Waals surface area contributed by atoms with Gasteiger partial charge in [0.05, 0.1) is 6.04 Å². The number of nitrogens with two attached hydrogens (primary N) is 1. The Hall–Kier alpha value is -0.830. The second kappa shape index (κ2) is 5.43. The van der Waals surface area contributed by atoms with E-state index in [1.165, 1.54) is 11.1 Å². The summed E-state index contributed by atoms with van der Waals surface area (Å²) in [6.45, 7) is 4.15. The van der Waals surface area contributed by atoms with Crippen LogP contribution in [0.15, 0.2) is 40.9 Å². The van der Waals surface area contributed by atoms with Crippen molar-refractivity contribution < 1.29 is 0 Å². The SMILES string of the molecule is Cc1ccc(C)c(C(N)c2cc(Cl)ccc2Br)c1. The molecule has 1 unspecified atom stereocenters. The lowest BCUT2D eigenvalue weighted by atomic mass is 9.94. The maximum Gasteiger partial charge on any atom is 0.0566 e. The lowest BCUT2D eigenvalue weighted by Gasteiger charge is -2.17. The molecule has 0 saturated heterocycles. The highest BCUT2D eigenvalue weighted by atomic mass is 79.9. The van der Waals surface area contributed by atoms with Crippen LogP contribution in [0.2, 0.25) is 5.02 Å². The highest BCUT2D eigenvalue weighted by Crippen LogP contribution is 2.31. The standard InChI is InChI=1S/C15H15BrClN/c1-9-3-4-10(2)12(7-9)15(18)13-8-11(17)5-6-14(13)16/h3-8,15H,18H2,1-2H3. The average molecular weight is 325 g/mol. The zero-order valence-electron chi connectivity index (χ0n) is 10.4. The Balaban J connectivity index is 2.50. The molecular formula is C15H15BrClN. The molecule has 18 heavy (non-hydrogen) atoms. The van der Waals surface area contributed by atoms with Gasteiger partial charge in [-0.2, -0.15) is 0 Å². The van der Waals surface area contributed by atoms with Gasteiger partial charge < -0.3 is 5.73 Å². The van der Waals surface area contributed by atoms with E-state index in [2.05, 4.69) is 48.0 Å². The third-order valence-corrected chi connectivity index (χ3v) is 4.02. The zero-order valence-corrected chi connectivity index (χ0v) is 12.7. The van der Waals surface area contributed by atoms with Gasteiger partial charge in [0.25, 0.3) is 0 Å². The fourth-order valence-corrected chi connectivity index (χ4v) is 2.69. The van der Waals surface area contributed by atoms with Gasteiger partial charge in [-0.1, -0.05) is 51.3 Å². The molecule has 0 aliphatic rings. The van der Waals surface area contributed by atoms with Crippen molar-refractivity contribution in [2.75, 3.05) is 0 Å². The van der Waals surface area contributed by atoms with E-state index in [9.17, 15) is 0 Å². The molecule has 0 heterocycles. The molecule has 2 N–H and O–H groups in total. The number of rotatable bonds is 2. The minimum absolute atomic E-state index is 0.169. The summed E-state index contributed by atoms with van der Waals surface area (Å²) in [7, 11) is 0. The van der Waals surface area contributed by atoms with Crippen LogP contribution < -0.4 is 5.73 Å². The summed E-state index contributed by atoms with van der Waals surface area (Å²) >= 11 is 9.58. The fraction of sp³-hybridized carbons (Fsp3) is 0.200. The second-order valence-electron chi connectivity index (χ2n) is 4.50. The Labute approximate surface area is 121 Å². The van der Waals surface area contributed by atoms with Gasteiger partial charge in [-0.15, -0.1) is 0 Å². The van der Waals surface area contributed by atoms with E-state index in [1.54, 1.807) is 0 Å². The predicted molar refractivity (Wildman–Crippen MR) is 81.1 cm³/mol. The Morgan fingerprint density at radius 2 is 1.78 bits per heavy atom. The first-order chi connectivity index (χ1) is 8.49. The van der Waals surface area contributed by atoms with Gasteiger partial charge in [-0.25, -0.2) is 0 Å². The van der Waals surface area contributed by atoms with Gasteiger partial charge in [0, 0.05) is 9.50 Å². The van der Waals surface area contributed by atoms with E-state index in [0.29, 0.717) is 5.02 Å². The number of aryl methyl sites for hydroxylation is 2. The van der Waals surface area contributed by atoms with Crippen LogP contribution in [0, 0.1) is 13.8 Å². The Morgan fingerprint density at radius 1 is 1.06 bits per heavy atom. The van der Waals surface area contributed by atoms with Crippen molar-refractivity contribution >= 4 is 27.5 Å². The molecule has 94 valence electrons. The highest BCUT2D eigenvalue weighted by Gasteiger charge is 2.14. The van der Waals surface area contributed by atoms with Crippen LogP contribution >= 0.6 is 27.5 Å². The molecule has 0 aromatic heterocycles. The molecule has 2 rings (SSSR count). The van der Waals surface area contributed by atoms with Crippen molar-refractivity contribution in [3.05, 3.63) is 68.1 Å². The summed E-state index contributed by atoms with van der Waals surface area (Å²) < 4.78 is 0.986. The molecule has 2 aromatic rings. The Morgan fingerprint density at radius 3 is 2.50 bits per heavy atom. The summed E-state index contributed by atoms with van der Waals surface area (Å²) in [5.74, 6) is 0. The minimum Gasteiger partial charge on any atom is -0.320 e. The molecule has 0 radical (unpaired) electrons. The van der Waals surface area contributed by atoms with Crippen LogP contribution in [-0.4, -0.2) is 0 Å². The summed E-state index contributed by atoms with van der Waals surface area (Å²) in [5.41, 5.74) is 10.9. The van der Waals surface area contributed by atoms with Crippen LogP contribution in [0.3, 0.4) is 0 Å². The zero-order chi connectivity index (χ0) is 13.3. The molecule has 0 amide bonds. The Kier molecular flexibility index (Phi) is 4.10. The van der Waals surface area contributed by atoms with Crippen LogP contribution in [0.5, 0.6) is 0 Å². The van der Waals surface area contributed by atoms with Gasteiger partial charge in [-0.3, -0.25) is 0 Å². The largest absolute Gasteiger partial charge is 0.320 e. The molecule has 1 nitrogen and oxygen atoms in total. The first-order valence-corrected chi connectivity index (χ1v) is 6.94. The molecule has 0 bridgehead atoms. The van der Waals surface area contributed by atoms with Crippen LogP contribution in [0.25, 0.3) is 0 Å². The first kappa shape index (κ1) is 13.6. The van der Waals surface area contributed by atoms with E-state index in [4.69, 9.17) is 17.3 Å². The van der Waals surface area contributed by atoms with Crippen LogP contribution in [-0.2, 0) is 0 Å².